The highest BCUT2D eigenvalue weighted by molar-refractivity contribution is 7.03. The van der Waals surface area contributed by atoms with E-state index in [0.717, 1.165) is 29.7 Å². The number of hydrogen-bond donors (Lipinski definition) is 1. The molecular weight excluding hydrogens is 288 g/mol. The fraction of sp³-hybridized carbons (Fsp3) is 0.286. The molecule has 1 aromatic heterocycles. The minimum Gasteiger partial charge on any atom is -0.384 e. The first-order valence-corrected chi connectivity index (χ1v) is 7.45. The number of hydrogen-bond acceptors (Lipinski definition) is 6. The van der Waals surface area contributed by atoms with E-state index < -0.39 is 0 Å². The van der Waals surface area contributed by atoms with E-state index in [2.05, 4.69) is 14.7 Å². The number of benzene rings is 1. The van der Waals surface area contributed by atoms with Gasteiger partial charge in [-0.05, 0) is 29.9 Å². The van der Waals surface area contributed by atoms with Gasteiger partial charge in [0, 0.05) is 17.4 Å². The molecule has 6 nitrogen and oxygen atoms in total. The van der Waals surface area contributed by atoms with Gasteiger partial charge in [-0.25, -0.2) is 4.79 Å². The normalized spacial score (nSPS) is 15.0. The Morgan fingerprint density at radius 1 is 1.38 bits per heavy atom. The van der Waals surface area contributed by atoms with E-state index >= 15 is 0 Å². The van der Waals surface area contributed by atoms with Crippen LogP contribution in [-0.4, -0.2) is 21.4 Å². The summed E-state index contributed by atoms with van der Waals surface area (Å²) < 4.78 is 3.83. The molecule has 1 aliphatic rings. The van der Waals surface area contributed by atoms with Crippen LogP contribution >= 0.6 is 11.5 Å². The van der Waals surface area contributed by atoms with Crippen molar-refractivity contribution in [2.45, 2.75) is 19.3 Å². The SMILES string of the molecule is NC(Cc1ccc(-c2csnn2)cc1)=NOC(=O)C1CC1. The van der Waals surface area contributed by atoms with Crippen molar-refractivity contribution < 1.29 is 9.63 Å². The van der Waals surface area contributed by atoms with Crippen LogP contribution in [0.25, 0.3) is 11.3 Å². The number of nitrogens with zero attached hydrogens (tertiary/aromatic N) is 3. The number of nitrogens with two attached hydrogens (primary N) is 1. The zero-order valence-corrected chi connectivity index (χ0v) is 12.0. The van der Waals surface area contributed by atoms with Crippen LogP contribution in [0.15, 0.2) is 34.8 Å². The van der Waals surface area contributed by atoms with Crippen LogP contribution in [0.3, 0.4) is 0 Å². The molecule has 1 saturated carbocycles. The summed E-state index contributed by atoms with van der Waals surface area (Å²) in [6.45, 7) is 0. The summed E-state index contributed by atoms with van der Waals surface area (Å²) in [5, 5.41) is 9.58. The molecule has 0 spiro atoms. The standard InChI is InChI=1S/C14H14N4O2S/c15-13(17-20-14(19)11-5-6-11)7-9-1-3-10(4-2-9)12-8-21-18-16-12/h1-4,8,11H,5-7H2,(H2,15,17). The van der Waals surface area contributed by atoms with Crippen LogP contribution in [0.2, 0.25) is 0 Å². The third kappa shape index (κ3) is 3.63. The summed E-state index contributed by atoms with van der Waals surface area (Å²) in [5.74, 6) is 0.0176. The molecule has 3 rings (SSSR count). The summed E-state index contributed by atoms with van der Waals surface area (Å²) in [6, 6.07) is 7.80. The highest BCUT2D eigenvalue weighted by atomic mass is 32.1. The van der Waals surface area contributed by atoms with Gasteiger partial charge >= 0.3 is 5.97 Å². The molecule has 21 heavy (non-hydrogen) atoms. The lowest BCUT2D eigenvalue weighted by Crippen LogP contribution is -2.17. The minimum atomic E-state index is -0.288. The van der Waals surface area contributed by atoms with Crippen molar-refractivity contribution in [3.8, 4) is 11.3 Å². The van der Waals surface area contributed by atoms with Crippen molar-refractivity contribution in [2.75, 3.05) is 0 Å². The van der Waals surface area contributed by atoms with Gasteiger partial charge in [0.05, 0.1) is 5.92 Å². The van der Waals surface area contributed by atoms with E-state index in [9.17, 15) is 4.79 Å². The molecule has 0 radical (unpaired) electrons. The van der Waals surface area contributed by atoms with E-state index in [0.29, 0.717) is 6.42 Å². The molecule has 108 valence electrons. The third-order valence-electron chi connectivity index (χ3n) is 3.16. The molecule has 0 unspecified atom stereocenters. The van der Waals surface area contributed by atoms with Crippen LogP contribution in [0.5, 0.6) is 0 Å². The first kappa shape index (κ1) is 13.7. The van der Waals surface area contributed by atoms with Crippen molar-refractivity contribution >= 4 is 23.3 Å². The van der Waals surface area contributed by atoms with Crippen LogP contribution in [0.1, 0.15) is 18.4 Å². The van der Waals surface area contributed by atoms with Gasteiger partial charge < -0.3 is 10.6 Å². The number of carbonyl (C=O) groups excluding carboxylic acids is 1. The highest BCUT2D eigenvalue weighted by Crippen LogP contribution is 2.30. The Morgan fingerprint density at radius 2 is 2.14 bits per heavy atom. The molecule has 7 heteroatoms. The van der Waals surface area contributed by atoms with Crippen LogP contribution in [-0.2, 0) is 16.1 Å². The van der Waals surface area contributed by atoms with Gasteiger partial charge in [-0.15, -0.1) is 5.10 Å². The Hall–Kier alpha value is -2.28. The summed E-state index contributed by atoms with van der Waals surface area (Å²) in [5.41, 5.74) is 8.61. The molecule has 0 atom stereocenters. The maximum absolute atomic E-state index is 11.3. The van der Waals surface area contributed by atoms with E-state index in [1.807, 2.05) is 29.6 Å². The number of oxime groups is 1. The summed E-state index contributed by atoms with van der Waals surface area (Å²) in [6.07, 6.45) is 2.22. The van der Waals surface area contributed by atoms with Gasteiger partial charge in [0.15, 0.2) is 0 Å². The minimum absolute atomic E-state index is 0.0209. The Labute approximate surface area is 125 Å². The van der Waals surface area contributed by atoms with E-state index in [1.165, 1.54) is 11.5 Å². The fourth-order valence-electron chi connectivity index (χ4n) is 1.82. The Balaban J connectivity index is 1.59. The average molecular weight is 302 g/mol. The Morgan fingerprint density at radius 3 is 2.76 bits per heavy atom. The predicted octanol–water partition coefficient (Wildman–Crippen LogP) is 1.97. The topological polar surface area (TPSA) is 90.5 Å². The molecule has 0 amide bonds. The molecule has 1 heterocycles. The predicted molar refractivity (Wildman–Crippen MR) is 79.5 cm³/mol. The maximum atomic E-state index is 11.3. The lowest BCUT2D eigenvalue weighted by Gasteiger charge is -2.02. The lowest BCUT2D eigenvalue weighted by atomic mass is 10.1. The van der Waals surface area contributed by atoms with E-state index in [1.54, 1.807) is 0 Å². The van der Waals surface area contributed by atoms with E-state index in [-0.39, 0.29) is 17.7 Å². The van der Waals surface area contributed by atoms with Gasteiger partial charge in [-0.2, -0.15) is 0 Å². The van der Waals surface area contributed by atoms with Crippen molar-refractivity contribution in [3.05, 3.63) is 35.2 Å². The van der Waals surface area contributed by atoms with Gasteiger partial charge in [0.2, 0.25) is 0 Å². The van der Waals surface area contributed by atoms with Crippen molar-refractivity contribution in [1.82, 2.24) is 9.59 Å². The van der Waals surface area contributed by atoms with Crippen LogP contribution in [0, 0.1) is 5.92 Å². The molecular formula is C14H14N4O2S. The highest BCUT2D eigenvalue weighted by Gasteiger charge is 2.31. The molecule has 2 N–H and O–H groups in total. The molecule has 1 aliphatic carbocycles. The largest absolute Gasteiger partial charge is 0.384 e. The smallest absolute Gasteiger partial charge is 0.338 e. The lowest BCUT2D eigenvalue weighted by molar-refractivity contribution is -0.145. The van der Waals surface area contributed by atoms with Crippen molar-refractivity contribution in [1.29, 1.82) is 0 Å². The quantitative estimate of drug-likeness (QED) is 0.395. The second-order valence-corrected chi connectivity index (χ2v) is 5.54. The Bertz CT molecular complexity index is 648. The molecule has 0 saturated heterocycles. The van der Waals surface area contributed by atoms with Gasteiger partial charge in [-0.1, -0.05) is 33.9 Å². The second kappa shape index (κ2) is 6.01. The summed E-state index contributed by atoms with van der Waals surface area (Å²) in [4.78, 5) is 16.1. The van der Waals surface area contributed by atoms with Gasteiger partial charge in [0.25, 0.3) is 0 Å². The van der Waals surface area contributed by atoms with Gasteiger partial charge in [0.1, 0.15) is 11.5 Å². The molecule has 0 aliphatic heterocycles. The number of carbonyl (C=O) groups is 1. The monoisotopic (exact) mass is 302 g/mol. The number of amidine groups is 1. The first-order valence-electron chi connectivity index (χ1n) is 6.62. The van der Waals surface area contributed by atoms with Crippen LogP contribution < -0.4 is 5.73 Å². The van der Waals surface area contributed by atoms with Gasteiger partial charge in [-0.3, -0.25) is 0 Å². The third-order valence-corrected chi connectivity index (χ3v) is 3.66. The van der Waals surface area contributed by atoms with Crippen molar-refractivity contribution in [3.63, 3.8) is 0 Å². The first-order chi connectivity index (χ1) is 10.2. The van der Waals surface area contributed by atoms with E-state index in [4.69, 9.17) is 10.6 Å². The zero-order chi connectivity index (χ0) is 14.7. The zero-order valence-electron chi connectivity index (χ0n) is 11.2. The van der Waals surface area contributed by atoms with Crippen molar-refractivity contribution in [2.24, 2.45) is 16.8 Å². The molecule has 1 fully saturated rings. The maximum Gasteiger partial charge on any atom is 0.338 e. The van der Waals surface area contributed by atoms with Crippen LogP contribution in [0.4, 0.5) is 0 Å². The number of aromatic nitrogens is 2. The average Bonchev–Trinajstić information content (AvgIpc) is 3.21. The summed E-state index contributed by atoms with van der Waals surface area (Å²) >= 11 is 1.32. The molecule has 0 bridgehead atoms. The molecule has 2 aromatic rings. The second-order valence-electron chi connectivity index (χ2n) is 4.93. The summed E-state index contributed by atoms with van der Waals surface area (Å²) in [7, 11) is 0. The molecule has 1 aromatic carbocycles. The number of rotatable bonds is 5. The fourth-order valence-corrected chi connectivity index (χ4v) is 2.29. The Kier molecular flexibility index (Phi) is 3.92.